The van der Waals surface area contributed by atoms with E-state index < -0.39 is 18.0 Å². The summed E-state index contributed by atoms with van der Waals surface area (Å²) >= 11 is 0. The number of carbonyl (C=O) groups excluding carboxylic acids is 1. The molecule has 1 fully saturated rings. The van der Waals surface area contributed by atoms with E-state index in [0.29, 0.717) is 18.5 Å². The summed E-state index contributed by atoms with van der Waals surface area (Å²) in [6, 6.07) is 6.02. The fourth-order valence-electron chi connectivity index (χ4n) is 2.79. The van der Waals surface area contributed by atoms with Crippen molar-refractivity contribution in [3.8, 4) is 5.75 Å². The van der Waals surface area contributed by atoms with Crippen LogP contribution in [0.4, 0.5) is 18.9 Å². The number of nitrogens with zero attached hydrogens (tertiary/aromatic N) is 1. The molecular formula is C15H18F3NO2. The van der Waals surface area contributed by atoms with E-state index in [0.717, 1.165) is 0 Å². The van der Waals surface area contributed by atoms with Gasteiger partial charge in [0.05, 0.1) is 5.92 Å². The van der Waals surface area contributed by atoms with Crippen molar-refractivity contribution in [2.45, 2.75) is 31.9 Å². The molecule has 0 aliphatic heterocycles. The predicted molar refractivity (Wildman–Crippen MR) is 73.0 cm³/mol. The van der Waals surface area contributed by atoms with E-state index in [-0.39, 0.29) is 24.5 Å². The van der Waals surface area contributed by atoms with Gasteiger partial charge < -0.3 is 10.0 Å². The summed E-state index contributed by atoms with van der Waals surface area (Å²) in [4.78, 5) is 13.7. The van der Waals surface area contributed by atoms with Crippen LogP contribution in [0.3, 0.4) is 0 Å². The van der Waals surface area contributed by atoms with E-state index in [1.165, 1.54) is 17.0 Å². The standard InChI is InChI=1S/C15H18F3NO2/c1-19(12-5-7-13(20)8-6-12)14(21)10-3-2-4-11(9-10)15(16,17)18/h5-8,10-11,20H,2-4,9H2,1H3. The minimum atomic E-state index is -4.23. The molecule has 3 nitrogen and oxygen atoms in total. The zero-order valence-corrected chi connectivity index (χ0v) is 11.7. The van der Waals surface area contributed by atoms with E-state index in [2.05, 4.69) is 0 Å². The van der Waals surface area contributed by atoms with Crippen LogP contribution in [0.2, 0.25) is 0 Å². The predicted octanol–water partition coefficient (Wildman–Crippen LogP) is 3.72. The first kappa shape index (κ1) is 15.7. The number of hydrogen-bond acceptors (Lipinski definition) is 2. The minimum absolute atomic E-state index is 0.0781. The molecule has 1 saturated carbocycles. The molecular weight excluding hydrogens is 283 g/mol. The lowest BCUT2D eigenvalue weighted by Gasteiger charge is -2.32. The van der Waals surface area contributed by atoms with Gasteiger partial charge in [-0.15, -0.1) is 0 Å². The van der Waals surface area contributed by atoms with Crippen molar-refractivity contribution in [3.05, 3.63) is 24.3 Å². The van der Waals surface area contributed by atoms with Gasteiger partial charge >= 0.3 is 6.18 Å². The SMILES string of the molecule is CN(C(=O)C1CCCC(C(F)(F)F)C1)c1ccc(O)cc1. The largest absolute Gasteiger partial charge is 0.508 e. The van der Waals surface area contributed by atoms with E-state index in [4.69, 9.17) is 0 Å². The normalized spacial score (nSPS) is 22.9. The zero-order chi connectivity index (χ0) is 15.6. The number of rotatable bonds is 2. The number of carbonyl (C=O) groups is 1. The molecule has 21 heavy (non-hydrogen) atoms. The minimum Gasteiger partial charge on any atom is -0.508 e. The van der Waals surface area contributed by atoms with Crippen molar-refractivity contribution in [3.63, 3.8) is 0 Å². The van der Waals surface area contributed by atoms with E-state index in [1.54, 1.807) is 19.2 Å². The third kappa shape index (κ3) is 3.68. The van der Waals surface area contributed by atoms with Crippen LogP contribution < -0.4 is 4.90 Å². The quantitative estimate of drug-likeness (QED) is 0.904. The van der Waals surface area contributed by atoms with Crippen molar-refractivity contribution < 1.29 is 23.1 Å². The molecule has 2 rings (SSSR count). The number of hydrogen-bond donors (Lipinski definition) is 1. The molecule has 1 aromatic rings. The molecule has 1 N–H and O–H groups in total. The van der Waals surface area contributed by atoms with Crippen LogP contribution in [0.5, 0.6) is 5.75 Å². The third-order valence-electron chi connectivity index (χ3n) is 4.05. The highest BCUT2D eigenvalue weighted by atomic mass is 19.4. The Balaban J connectivity index is 2.07. The fourth-order valence-corrected chi connectivity index (χ4v) is 2.79. The van der Waals surface area contributed by atoms with Gasteiger partial charge in [0.1, 0.15) is 5.75 Å². The van der Waals surface area contributed by atoms with Crippen molar-refractivity contribution >= 4 is 11.6 Å². The molecule has 2 unspecified atom stereocenters. The summed E-state index contributed by atoms with van der Waals surface area (Å²) in [5.41, 5.74) is 0.562. The molecule has 1 aromatic carbocycles. The second-order valence-electron chi connectivity index (χ2n) is 5.52. The van der Waals surface area contributed by atoms with Gasteiger partial charge in [0, 0.05) is 18.7 Å². The molecule has 1 amide bonds. The van der Waals surface area contributed by atoms with Gasteiger partial charge in [0.2, 0.25) is 5.91 Å². The Morgan fingerprint density at radius 3 is 2.43 bits per heavy atom. The number of amides is 1. The maximum atomic E-state index is 12.8. The van der Waals surface area contributed by atoms with Gasteiger partial charge in [-0.3, -0.25) is 4.79 Å². The third-order valence-corrected chi connectivity index (χ3v) is 4.05. The average molecular weight is 301 g/mol. The summed E-state index contributed by atoms with van der Waals surface area (Å²) in [6.45, 7) is 0. The lowest BCUT2D eigenvalue weighted by Crippen LogP contribution is -2.38. The molecule has 116 valence electrons. The van der Waals surface area contributed by atoms with Crippen LogP contribution in [0.25, 0.3) is 0 Å². The van der Waals surface area contributed by atoms with E-state index in [1.807, 2.05) is 0 Å². The highest BCUT2D eigenvalue weighted by molar-refractivity contribution is 5.94. The van der Waals surface area contributed by atoms with Gasteiger partial charge in [0.15, 0.2) is 0 Å². The van der Waals surface area contributed by atoms with Crippen LogP contribution in [0.15, 0.2) is 24.3 Å². The summed E-state index contributed by atoms with van der Waals surface area (Å²) in [5.74, 6) is -2.19. The molecule has 0 bridgehead atoms. The maximum Gasteiger partial charge on any atom is 0.391 e. The molecule has 2 atom stereocenters. The number of phenols is 1. The Morgan fingerprint density at radius 1 is 1.24 bits per heavy atom. The van der Waals surface area contributed by atoms with Crippen molar-refractivity contribution in [1.29, 1.82) is 0 Å². The number of benzene rings is 1. The number of aromatic hydroxyl groups is 1. The summed E-state index contributed by atoms with van der Waals surface area (Å²) in [7, 11) is 1.55. The molecule has 1 aliphatic rings. The van der Waals surface area contributed by atoms with Crippen LogP contribution in [-0.4, -0.2) is 24.2 Å². The monoisotopic (exact) mass is 301 g/mol. The van der Waals surface area contributed by atoms with E-state index >= 15 is 0 Å². The average Bonchev–Trinajstić information content (AvgIpc) is 2.46. The summed E-state index contributed by atoms with van der Waals surface area (Å²) < 4.78 is 38.4. The van der Waals surface area contributed by atoms with Crippen molar-refractivity contribution in [1.82, 2.24) is 0 Å². The summed E-state index contributed by atoms with van der Waals surface area (Å²) in [6.07, 6.45) is -3.34. The second-order valence-corrected chi connectivity index (χ2v) is 5.52. The Kier molecular flexibility index (Phi) is 4.44. The Hall–Kier alpha value is -1.72. The first-order chi connectivity index (χ1) is 9.79. The van der Waals surface area contributed by atoms with Crippen LogP contribution >= 0.6 is 0 Å². The smallest absolute Gasteiger partial charge is 0.391 e. The van der Waals surface area contributed by atoms with E-state index in [9.17, 15) is 23.1 Å². The zero-order valence-electron chi connectivity index (χ0n) is 11.7. The maximum absolute atomic E-state index is 12.8. The molecule has 0 radical (unpaired) electrons. The Morgan fingerprint density at radius 2 is 1.86 bits per heavy atom. The molecule has 6 heteroatoms. The Bertz CT molecular complexity index is 499. The number of phenolic OH excluding ortho intramolecular Hbond substituents is 1. The first-order valence-electron chi connectivity index (χ1n) is 6.92. The Labute approximate surface area is 121 Å². The second kappa shape index (κ2) is 5.95. The van der Waals surface area contributed by atoms with Crippen molar-refractivity contribution in [2.75, 3.05) is 11.9 Å². The fraction of sp³-hybridized carbons (Fsp3) is 0.533. The number of halogens is 3. The first-order valence-corrected chi connectivity index (χ1v) is 6.92. The number of anilines is 1. The van der Waals surface area contributed by atoms with Crippen molar-refractivity contribution in [2.24, 2.45) is 11.8 Å². The van der Waals surface area contributed by atoms with Crippen LogP contribution in [0, 0.1) is 11.8 Å². The highest BCUT2D eigenvalue weighted by Gasteiger charge is 2.44. The highest BCUT2D eigenvalue weighted by Crippen LogP contribution is 2.40. The van der Waals surface area contributed by atoms with Crippen LogP contribution in [0.1, 0.15) is 25.7 Å². The van der Waals surface area contributed by atoms with Gasteiger partial charge in [0.25, 0.3) is 0 Å². The topological polar surface area (TPSA) is 40.5 Å². The summed E-state index contributed by atoms with van der Waals surface area (Å²) in [5, 5.41) is 9.22. The molecule has 0 aromatic heterocycles. The number of alkyl halides is 3. The lowest BCUT2D eigenvalue weighted by atomic mass is 9.80. The molecule has 0 spiro atoms. The molecule has 1 aliphatic carbocycles. The lowest BCUT2D eigenvalue weighted by molar-refractivity contribution is -0.186. The molecule has 0 heterocycles. The van der Waals surface area contributed by atoms with Gasteiger partial charge in [-0.25, -0.2) is 0 Å². The van der Waals surface area contributed by atoms with Gasteiger partial charge in [-0.1, -0.05) is 6.42 Å². The molecule has 0 saturated heterocycles. The van der Waals surface area contributed by atoms with Gasteiger partial charge in [-0.05, 0) is 43.5 Å². The van der Waals surface area contributed by atoms with Crippen LogP contribution in [-0.2, 0) is 4.79 Å². The van der Waals surface area contributed by atoms with Gasteiger partial charge in [-0.2, -0.15) is 13.2 Å².